The van der Waals surface area contributed by atoms with Crippen LogP contribution >= 0.6 is 12.4 Å². The minimum atomic E-state index is -0.0467. The van der Waals surface area contributed by atoms with Gasteiger partial charge in [-0.2, -0.15) is 0 Å². The Bertz CT molecular complexity index is 741. The molecule has 0 bridgehead atoms. The summed E-state index contributed by atoms with van der Waals surface area (Å²) in [6.07, 6.45) is 4.85. The third-order valence-corrected chi connectivity index (χ3v) is 5.20. The molecule has 0 spiro atoms. The number of anilines is 1. The first-order chi connectivity index (χ1) is 11.7. The van der Waals surface area contributed by atoms with Crippen LogP contribution in [0.15, 0.2) is 30.5 Å². The highest BCUT2D eigenvalue weighted by Gasteiger charge is 2.29. The minimum absolute atomic E-state index is 0. The van der Waals surface area contributed by atoms with Crippen molar-refractivity contribution in [2.75, 3.05) is 24.5 Å². The first kappa shape index (κ1) is 17.9. The lowest BCUT2D eigenvalue weighted by molar-refractivity contribution is 0.0979. The van der Waals surface area contributed by atoms with Crippen molar-refractivity contribution < 1.29 is 4.79 Å². The van der Waals surface area contributed by atoms with E-state index in [9.17, 15) is 4.79 Å². The molecule has 4 rings (SSSR count). The number of fused-ring (bicyclic) bond motifs is 1. The van der Waals surface area contributed by atoms with Crippen LogP contribution in [0, 0.1) is 0 Å². The monoisotopic (exact) mass is 361 g/mol. The molecule has 1 unspecified atom stereocenters. The number of benzene rings is 1. The largest absolute Gasteiger partial charge is 0.317 e. The van der Waals surface area contributed by atoms with Crippen LogP contribution in [0.2, 0.25) is 0 Å². The summed E-state index contributed by atoms with van der Waals surface area (Å²) in [6.45, 7) is 4.93. The second kappa shape index (κ2) is 7.54. The molecule has 0 saturated carbocycles. The molecule has 1 amide bonds. The number of halogens is 1. The van der Waals surface area contributed by atoms with Crippen molar-refractivity contribution in [1.82, 2.24) is 20.3 Å². The Morgan fingerprint density at radius 1 is 1.20 bits per heavy atom. The number of hydrogen-bond donors (Lipinski definition) is 1. The molecule has 3 heterocycles. The molecule has 2 aromatic rings. The van der Waals surface area contributed by atoms with E-state index in [-0.39, 0.29) is 18.3 Å². The van der Waals surface area contributed by atoms with Crippen molar-refractivity contribution in [3.05, 3.63) is 41.7 Å². The molecule has 1 atom stereocenters. The molecule has 1 fully saturated rings. The van der Waals surface area contributed by atoms with Gasteiger partial charge in [-0.05, 0) is 49.9 Å². The summed E-state index contributed by atoms with van der Waals surface area (Å²) >= 11 is 0. The number of aromatic nitrogens is 3. The SMILES string of the molecule is CC1CCN(C(=O)c2cn(C3CCNCC3)nn2)c2ccccc21.Cl. The number of amides is 1. The summed E-state index contributed by atoms with van der Waals surface area (Å²) in [4.78, 5) is 14.8. The quantitative estimate of drug-likeness (QED) is 0.893. The maximum atomic E-state index is 13.0. The van der Waals surface area contributed by atoms with E-state index >= 15 is 0 Å². The molecule has 134 valence electrons. The smallest absolute Gasteiger partial charge is 0.280 e. The van der Waals surface area contributed by atoms with E-state index in [2.05, 4.69) is 28.6 Å². The highest BCUT2D eigenvalue weighted by Crippen LogP contribution is 2.35. The molecule has 0 aliphatic carbocycles. The minimum Gasteiger partial charge on any atom is -0.317 e. The third kappa shape index (κ3) is 3.41. The molecule has 1 N–H and O–H groups in total. The van der Waals surface area contributed by atoms with Gasteiger partial charge in [0.2, 0.25) is 0 Å². The highest BCUT2D eigenvalue weighted by molar-refractivity contribution is 6.05. The molecular formula is C18H24ClN5O. The maximum absolute atomic E-state index is 13.0. The number of carbonyl (C=O) groups is 1. The van der Waals surface area contributed by atoms with Crippen LogP contribution in [0.25, 0.3) is 0 Å². The summed E-state index contributed by atoms with van der Waals surface area (Å²) in [6, 6.07) is 8.51. The van der Waals surface area contributed by atoms with Crippen molar-refractivity contribution in [2.45, 2.75) is 38.1 Å². The van der Waals surface area contributed by atoms with E-state index in [4.69, 9.17) is 0 Å². The average molecular weight is 362 g/mol. The highest BCUT2D eigenvalue weighted by atomic mass is 35.5. The molecule has 1 aromatic heterocycles. The second-order valence-corrected chi connectivity index (χ2v) is 6.77. The van der Waals surface area contributed by atoms with Crippen molar-refractivity contribution in [2.24, 2.45) is 0 Å². The normalized spacial score (nSPS) is 20.7. The van der Waals surface area contributed by atoms with Crippen molar-refractivity contribution in [3.8, 4) is 0 Å². The van der Waals surface area contributed by atoms with Gasteiger partial charge >= 0.3 is 0 Å². The lowest BCUT2D eigenvalue weighted by atomic mass is 9.91. The zero-order valence-corrected chi connectivity index (χ0v) is 15.2. The van der Waals surface area contributed by atoms with Crippen molar-refractivity contribution in [1.29, 1.82) is 0 Å². The van der Waals surface area contributed by atoms with Gasteiger partial charge in [-0.15, -0.1) is 17.5 Å². The Morgan fingerprint density at radius 3 is 2.76 bits per heavy atom. The zero-order valence-electron chi connectivity index (χ0n) is 14.4. The van der Waals surface area contributed by atoms with E-state index < -0.39 is 0 Å². The standard InChI is InChI=1S/C18H23N5O.ClH/c1-13-8-11-22(17-5-3-2-4-15(13)17)18(24)16-12-23(21-20-16)14-6-9-19-10-7-14;/h2-5,12-14,19H,6-11H2,1H3;1H. The molecule has 6 nitrogen and oxygen atoms in total. The van der Waals surface area contributed by atoms with Gasteiger partial charge in [0, 0.05) is 12.2 Å². The second-order valence-electron chi connectivity index (χ2n) is 6.77. The summed E-state index contributed by atoms with van der Waals surface area (Å²) < 4.78 is 1.87. The fraction of sp³-hybridized carbons (Fsp3) is 0.500. The third-order valence-electron chi connectivity index (χ3n) is 5.20. The lowest BCUT2D eigenvalue weighted by Gasteiger charge is -2.32. The van der Waals surface area contributed by atoms with Gasteiger partial charge in [0.1, 0.15) is 0 Å². The first-order valence-corrected chi connectivity index (χ1v) is 8.77. The van der Waals surface area contributed by atoms with Crippen LogP contribution in [-0.2, 0) is 0 Å². The van der Waals surface area contributed by atoms with Gasteiger partial charge in [0.05, 0.1) is 12.2 Å². The average Bonchev–Trinajstić information content (AvgIpc) is 3.13. The van der Waals surface area contributed by atoms with Crippen molar-refractivity contribution >= 4 is 24.0 Å². The van der Waals surface area contributed by atoms with Gasteiger partial charge in [-0.3, -0.25) is 4.79 Å². The molecule has 25 heavy (non-hydrogen) atoms. The Kier molecular flexibility index (Phi) is 5.39. The Morgan fingerprint density at radius 2 is 1.96 bits per heavy atom. The molecule has 1 saturated heterocycles. The van der Waals surface area contributed by atoms with E-state index in [1.54, 1.807) is 0 Å². The van der Waals surface area contributed by atoms with Crippen LogP contribution < -0.4 is 10.2 Å². The van der Waals surface area contributed by atoms with E-state index in [0.29, 0.717) is 17.7 Å². The number of para-hydroxylation sites is 1. The number of carbonyl (C=O) groups excluding carboxylic acids is 1. The van der Waals surface area contributed by atoms with E-state index in [1.807, 2.05) is 34.0 Å². The number of nitrogens with one attached hydrogen (secondary N) is 1. The molecule has 7 heteroatoms. The van der Waals surface area contributed by atoms with Gasteiger partial charge in [0.25, 0.3) is 5.91 Å². The predicted molar refractivity (Wildman–Crippen MR) is 99.6 cm³/mol. The summed E-state index contributed by atoms with van der Waals surface area (Å²) in [5.41, 5.74) is 2.69. The van der Waals surface area contributed by atoms with Gasteiger partial charge in [-0.25, -0.2) is 4.68 Å². The van der Waals surface area contributed by atoms with Gasteiger partial charge < -0.3 is 10.2 Å². The maximum Gasteiger partial charge on any atom is 0.280 e. The Labute approximate surface area is 154 Å². The Balaban J connectivity index is 0.00000182. The Hall–Kier alpha value is -1.92. The van der Waals surface area contributed by atoms with Gasteiger partial charge in [0.15, 0.2) is 5.69 Å². The lowest BCUT2D eigenvalue weighted by Crippen LogP contribution is -2.36. The summed E-state index contributed by atoms with van der Waals surface area (Å²) in [7, 11) is 0. The first-order valence-electron chi connectivity index (χ1n) is 8.77. The van der Waals surface area contributed by atoms with Crippen LogP contribution in [-0.4, -0.2) is 40.5 Å². The molecular weight excluding hydrogens is 338 g/mol. The molecule has 2 aliphatic rings. The number of rotatable bonds is 2. The number of hydrogen-bond acceptors (Lipinski definition) is 4. The summed E-state index contributed by atoms with van der Waals surface area (Å²) in [5, 5.41) is 11.7. The van der Waals surface area contributed by atoms with Crippen LogP contribution in [0.5, 0.6) is 0 Å². The number of piperidine rings is 1. The molecule has 2 aliphatic heterocycles. The summed E-state index contributed by atoms with van der Waals surface area (Å²) in [5.74, 6) is 0.435. The topological polar surface area (TPSA) is 63.1 Å². The zero-order chi connectivity index (χ0) is 16.5. The van der Waals surface area contributed by atoms with E-state index in [0.717, 1.165) is 44.6 Å². The molecule has 0 radical (unpaired) electrons. The molecule has 1 aromatic carbocycles. The van der Waals surface area contributed by atoms with Crippen LogP contribution in [0.3, 0.4) is 0 Å². The van der Waals surface area contributed by atoms with Crippen LogP contribution in [0.1, 0.15) is 54.2 Å². The number of nitrogens with zero attached hydrogens (tertiary/aromatic N) is 4. The van der Waals surface area contributed by atoms with Crippen molar-refractivity contribution in [3.63, 3.8) is 0 Å². The van der Waals surface area contributed by atoms with Gasteiger partial charge in [-0.1, -0.05) is 30.3 Å². The fourth-order valence-corrected chi connectivity index (χ4v) is 3.72. The van der Waals surface area contributed by atoms with Crippen LogP contribution in [0.4, 0.5) is 5.69 Å². The van der Waals surface area contributed by atoms with E-state index in [1.165, 1.54) is 5.56 Å². The predicted octanol–water partition coefficient (Wildman–Crippen LogP) is 2.78. The fourth-order valence-electron chi connectivity index (χ4n) is 3.72.